The number of para-hydroxylation sites is 1. The fourth-order valence-corrected chi connectivity index (χ4v) is 3.72. The molecule has 144 valence electrons. The lowest BCUT2D eigenvalue weighted by molar-refractivity contribution is 0.0358. The summed E-state index contributed by atoms with van der Waals surface area (Å²) >= 11 is 6.11. The molecule has 0 atom stereocenters. The summed E-state index contributed by atoms with van der Waals surface area (Å²) in [6, 6.07) is 14.4. The molecule has 1 aliphatic heterocycles. The number of rotatable bonds is 5. The van der Waals surface area contributed by atoms with Gasteiger partial charge in [-0.25, -0.2) is 0 Å². The van der Waals surface area contributed by atoms with Crippen LogP contribution in [0.5, 0.6) is 11.5 Å². The molecule has 27 heavy (non-hydrogen) atoms. The van der Waals surface area contributed by atoms with Gasteiger partial charge in [0.25, 0.3) is 5.91 Å². The van der Waals surface area contributed by atoms with E-state index in [-0.39, 0.29) is 5.91 Å². The first-order valence-corrected chi connectivity index (χ1v) is 9.74. The number of hydrogen-bond donors (Lipinski definition) is 1. The quantitative estimate of drug-likeness (QED) is 0.772. The normalized spacial score (nSPS) is 15.6. The van der Waals surface area contributed by atoms with Crippen molar-refractivity contribution in [3.63, 3.8) is 0 Å². The Hall–Kier alpha value is -2.04. The van der Waals surface area contributed by atoms with Crippen LogP contribution in [0.4, 0.5) is 0 Å². The molecule has 1 saturated heterocycles. The lowest BCUT2D eigenvalue weighted by atomic mass is 9.86. The van der Waals surface area contributed by atoms with Crippen molar-refractivity contribution >= 4 is 17.5 Å². The summed E-state index contributed by atoms with van der Waals surface area (Å²) in [5, 5.41) is 10.5. The van der Waals surface area contributed by atoms with Crippen molar-refractivity contribution in [2.24, 2.45) is 5.92 Å². The van der Waals surface area contributed by atoms with E-state index in [0.717, 1.165) is 32.4 Å². The van der Waals surface area contributed by atoms with Crippen LogP contribution in [0.3, 0.4) is 0 Å². The third-order valence-corrected chi connectivity index (χ3v) is 5.17. The van der Waals surface area contributed by atoms with Gasteiger partial charge in [0, 0.05) is 18.7 Å². The largest absolute Gasteiger partial charge is 0.456 e. The molecule has 1 aliphatic rings. The summed E-state index contributed by atoms with van der Waals surface area (Å²) in [7, 11) is 0. The highest BCUT2D eigenvalue weighted by molar-refractivity contribution is 6.32. The first-order chi connectivity index (χ1) is 12.8. The molecule has 0 spiro atoms. The number of halogens is 1. The van der Waals surface area contributed by atoms with Crippen LogP contribution in [0.15, 0.2) is 48.5 Å². The van der Waals surface area contributed by atoms with Gasteiger partial charge < -0.3 is 14.7 Å². The Morgan fingerprint density at radius 3 is 2.37 bits per heavy atom. The smallest absolute Gasteiger partial charge is 0.253 e. The van der Waals surface area contributed by atoms with Crippen LogP contribution in [0.25, 0.3) is 0 Å². The highest BCUT2D eigenvalue weighted by atomic mass is 35.5. The zero-order valence-corrected chi connectivity index (χ0v) is 16.6. The van der Waals surface area contributed by atoms with E-state index in [1.807, 2.05) is 30.9 Å². The van der Waals surface area contributed by atoms with Gasteiger partial charge in [-0.2, -0.15) is 0 Å². The number of carbonyl (C=O) groups excluding carboxylic acids is 1. The minimum Gasteiger partial charge on any atom is -0.456 e. The molecule has 2 aromatic carbocycles. The molecule has 5 heteroatoms. The maximum absolute atomic E-state index is 12.7. The van der Waals surface area contributed by atoms with Crippen LogP contribution in [0, 0.1) is 5.92 Å². The van der Waals surface area contributed by atoms with Crippen molar-refractivity contribution in [1.82, 2.24) is 4.90 Å². The molecule has 0 radical (unpaired) electrons. The van der Waals surface area contributed by atoms with Crippen molar-refractivity contribution in [2.45, 2.75) is 38.7 Å². The van der Waals surface area contributed by atoms with Gasteiger partial charge in [-0.3, -0.25) is 4.79 Å². The van der Waals surface area contributed by atoms with Gasteiger partial charge in [0.1, 0.15) is 11.5 Å². The van der Waals surface area contributed by atoms with Gasteiger partial charge in [0.05, 0.1) is 10.6 Å². The van der Waals surface area contributed by atoms with Crippen molar-refractivity contribution in [3.8, 4) is 11.5 Å². The summed E-state index contributed by atoms with van der Waals surface area (Å²) in [5.41, 5.74) is 0.0105. The average Bonchev–Trinajstić information content (AvgIpc) is 2.63. The Bertz CT molecular complexity index is 775. The first kappa shape index (κ1) is 19.7. The van der Waals surface area contributed by atoms with Gasteiger partial charge in [0.15, 0.2) is 0 Å². The first-order valence-electron chi connectivity index (χ1n) is 9.36. The van der Waals surface area contributed by atoms with E-state index in [1.54, 1.807) is 36.4 Å². The number of aliphatic hydroxyl groups is 1. The fraction of sp³-hybridized carbons (Fsp3) is 0.409. The van der Waals surface area contributed by atoms with Crippen molar-refractivity contribution < 1.29 is 14.6 Å². The predicted molar refractivity (Wildman–Crippen MR) is 108 cm³/mol. The number of benzene rings is 2. The fourth-order valence-electron chi connectivity index (χ4n) is 3.55. The minimum absolute atomic E-state index is 0.0426. The molecule has 1 amide bonds. The Morgan fingerprint density at radius 1 is 1.15 bits per heavy atom. The lowest BCUT2D eigenvalue weighted by Gasteiger charge is -2.34. The number of carbonyl (C=O) groups is 1. The molecule has 1 N–H and O–H groups in total. The molecule has 2 aromatic rings. The second-order valence-electron chi connectivity index (χ2n) is 7.81. The summed E-state index contributed by atoms with van der Waals surface area (Å²) < 4.78 is 5.77. The highest BCUT2D eigenvalue weighted by Gasteiger charge is 2.27. The molecule has 1 heterocycles. The highest BCUT2D eigenvalue weighted by Crippen LogP contribution is 2.30. The Labute approximate surface area is 165 Å². The number of piperidine rings is 1. The van der Waals surface area contributed by atoms with Crippen molar-refractivity contribution in [2.75, 3.05) is 13.1 Å². The van der Waals surface area contributed by atoms with Crippen LogP contribution in [-0.2, 0) is 0 Å². The average molecular weight is 388 g/mol. The van der Waals surface area contributed by atoms with E-state index < -0.39 is 5.60 Å². The zero-order chi connectivity index (χ0) is 19.4. The van der Waals surface area contributed by atoms with Crippen LogP contribution in [-0.4, -0.2) is 34.6 Å². The maximum atomic E-state index is 12.7. The second kappa shape index (κ2) is 8.32. The molecule has 0 aromatic heterocycles. The number of amides is 1. The topological polar surface area (TPSA) is 49.8 Å². The number of likely N-dealkylation sites (tertiary alicyclic amines) is 1. The minimum atomic E-state index is -0.645. The summed E-state index contributed by atoms with van der Waals surface area (Å²) in [6.45, 7) is 5.16. The summed E-state index contributed by atoms with van der Waals surface area (Å²) in [6.07, 6.45) is 2.65. The summed E-state index contributed by atoms with van der Waals surface area (Å²) in [5.74, 6) is 1.75. The second-order valence-corrected chi connectivity index (χ2v) is 8.22. The molecule has 4 nitrogen and oxygen atoms in total. The monoisotopic (exact) mass is 387 g/mol. The van der Waals surface area contributed by atoms with Gasteiger partial charge in [0.2, 0.25) is 0 Å². The van der Waals surface area contributed by atoms with Crippen LogP contribution < -0.4 is 4.74 Å². The zero-order valence-electron chi connectivity index (χ0n) is 15.8. The Morgan fingerprint density at radius 2 is 1.78 bits per heavy atom. The molecule has 0 bridgehead atoms. The Balaban J connectivity index is 1.57. The van der Waals surface area contributed by atoms with Crippen LogP contribution >= 0.6 is 11.6 Å². The molecule has 1 fully saturated rings. The van der Waals surface area contributed by atoms with E-state index in [4.69, 9.17) is 16.3 Å². The lowest BCUT2D eigenvalue weighted by Crippen LogP contribution is -2.40. The van der Waals surface area contributed by atoms with E-state index in [1.165, 1.54) is 0 Å². The van der Waals surface area contributed by atoms with E-state index in [2.05, 4.69) is 0 Å². The molecule has 3 rings (SSSR count). The molecule has 0 unspecified atom stereocenters. The van der Waals surface area contributed by atoms with Crippen molar-refractivity contribution in [3.05, 3.63) is 59.1 Å². The SMILES string of the molecule is CC(C)(O)CC1CCN(C(=O)c2ccc(Oc3ccccc3Cl)cc2)CC1. The standard InChI is InChI=1S/C22H26ClNO3/c1-22(2,26)15-16-11-13-24(14-12-16)21(25)17-7-9-18(10-8-17)27-20-6-4-3-5-19(20)23/h3-10,16,26H,11-15H2,1-2H3. The van der Waals surface area contributed by atoms with Crippen LogP contribution in [0.2, 0.25) is 5.02 Å². The van der Waals surface area contributed by atoms with Gasteiger partial charge in [-0.15, -0.1) is 0 Å². The molecule has 0 aliphatic carbocycles. The van der Waals surface area contributed by atoms with Crippen molar-refractivity contribution in [1.29, 1.82) is 0 Å². The summed E-state index contributed by atoms with van der Waals surface area (Å²) in [4.78, 5) is 14.6. The van der Waals surface area contributed by atoms with E-state index >= 15 is 0 Å². The maximum Gasteiger partial charge on any atom is 0.253 e. The molecular formula is C22H26ClNO3. The third-order valence-electron chi connectivity index (χ3n) is 4.86. The third kappa shape index (κ3) is 5.47. The predicted octanol–water partition coefficient (Wildman–Crippen LogP) is 5.15. The van der Waals surface area contributed by atoms with Gasteiger partial charge >= 0.3 is 0 Å². The van der Waals surface area contributed by atoms with Gasteiger partial charge in [-0.1, -0.05) is 23.7 Å². The van der Waals surface area contributed by atoms with E-state index in [0.29, 0.717) is 28.0 Å². The Kier molecular flexibility index (Phi) is 6.08. The van der Waals surface area contributed by atoms with Crippen LogP contribution in [0.1, 0.15) is 43.5 Å². The van der Waals surface area contributed by atoms with Gasteiger partial charge in [-0.05, 0) is 75.4 Å². The molecule has 0 saturated carbocycles. The van der Waals surface area contributed by atoms with E-state index in [9.17, 15) is 9.90 Å². The number of hydrogen-bond acceptors (Lipinski definition) is 3. The number of ether oxygens (including phenoxy) is 1. The number of nitrogens with zero attached hydrogens (tertiary/aromatic N) is 1. The molecular weight excluding hydrogens is 362 g/mol.